The van der Waals surface area contributed by atoms with Gasteiger partial charge in [0.2, 0.25) is 0 Å². The average Bonchev–Trinajstić information content (AvgIpc) is 2.58. The second kappa shape index (κ2) is 7.83. The number of aromatic carboxylic acids is 1. The molecule has 7 heteroatoms. The number of methoxy groups -OCH3 is 1. The molecule has 6 nitrogen and oxygen atoms in total. The Morgan fingerprint density at radius 2 is 1.92 bits per heavy atom. The van der Waals surface area contributed by atoms with Gasteiger partial charge < -0.3 is 14.7 Å². The van der Waals surface area contributed by atoms with Crippen LogP contribution in [0.5, 0.6) is 5.75 Å². The molecule has 0 aliphatic heterocycles. The summed E-state index contributed by atoms with van der Waals surface area (Å²) < 4.78 is 5.15. The van der Waals surface area contributed by atoms with Crippen LogP contribution in [0.3, 0.4) is 0 Å². The Balaban J connectivity index is 2.67. The molecule has 0 spiro atoms. The first-order valence-corrected chi connectivity index (χ1v) is 8.37. The number of rotatable bonds is 6. The number of carboxylic acids is 1. The van der Waals surface area contributed by atoms with Gasteiger partial charge in [0.05, 0.1) is 18.5 Å². The first-order valence-electron chi connectivity index (χ1n) is 7.14. The van der Waals surface area contributed by atoms with E-state index in [0.29, 0.717) is 27.9 Å². The molecule has 0 saturated carbocycles. The van der Waals surface area contributed by atoms with Crippen LogP contribution in [0.15, 0.2) is 35.6 Å². The number of hydrogen-bond donors (Lipinski definition) is 1. The molecule has 0 aliphatic rings. The number of nitrogens with zero attached hydrogens (tertiary/aromatic N) is 3. The molecule has 0 aliphatic carbocycles. The zero-order valence-electron chi connectivity index (χ0n) is 14.0. The van der Waals surface area contributed by atoms with Crippen LogP contribution in [0.2, 0.25) is 0 Å². The topological polar surface area (TPSA) is 75.6 Å². The number of benzene rings is 1. The van der Waals surface area contributed by atoms with E-state index in [2.05, 4.69) is 9.97 Å². The highest BCUT2D eigenvalue weighted by Crippen LogP contribution is 2.28. The Kier molecular flexibility index (Phi) is 5.81. The van der Waals surface area contributed by atoms with Gasteiger partial charge in [0, 0.05) is 25.9 Å². The van der Waals surface area contributed by atoms with E-state index in [9.17, 15) is 9.90 Å². The van der Waals surface area contributed by atoms with Crippen LogP contribution in [0.1, 0.15) is 16.1 Å². The van der Waals surface area contributed by atoms with Gasteiger partial charge in [-0.15, -0.1) is 0 Å². The van der Waals surface area contributed by atoms with E-state index in [1.165, 1.54) is 11.8 Å². The molecule has 0 radical (unpaired) electrons. The Morgan fingerprint density at radius 1 is 1.25 bits per heavy atom. The molecule has 0 fully saturated rings. The highest BCUT2D eigenvalue weighted by molar-refractivity contribution is 7.98. The predicted octanol–water partition coefficient (Wildman–Crippen LogP) is 3.10. The third-order valence-electron chi connectivity index (χ3n) is 3.21. The molecule has 0 saturated heterocycles. The van der Waals surface area contributed by atoms with E-state index in [1.54, 1.807) is 43.7 Å². The van der Waals surface area contributed by atoms with Gasteiger partial charge in [-0.3, -0.25) is 0 Å². The summed E-state index contributed by atoms with van der Waals surface area (Å²) in [5.41, 5.74) is 1.55. The van der Waals surface area contributed by atoms with Crippen LogP contribution < -0.4 is 4.74 Å². The summed E-state index contributed by atoms with van der Waals surface area (Å²) in [5.74, 6) is -0.366. The summed E-state index contributed by atoms with van der Waals surface area (Å²) in [7, 11) is 5.30. The van der Waals surface area contributed by atoms with Gasteiger partial charge in [0.1, 0.15) is 11.3 Å². The Bertz CT molecular complexity index is 758. The summed E-state index contributed by atoms with van der Waals surface area (Å²) in [5, 5.41) is 10.2. The molecule has 0 bridgehead atoms. The highest BCUT2D eigenvalue weighted by atomic mass is 32.2. The maximum Gasteiger partial charge on any atom is 0.340 e. The molecular weight excluding hydrogens is 326 g/mol. The summed E-state index contributed by atoms with van der Waals surface area (Å²) in [4.78, 5) is 22.4. The van der Waals surface area contributed by atoms with Crippen LogP contribution in [-0.2, 0) is 0 Å². The molecule has 0 unspecified atom stereocenters. The molecule has 2 rings (SSSR count). The van der Waals surface area contributed by atoms with Crippen molar-refractivity contribution in [2.45, 2.75) is 5.16 Å². The molecule has 24 heavy (non-hydrogen) atoms. The van der Waals surface area contributed by atoms with Gasteiger partial charge in [-0.25, -0.2) is 14.8 Å². The number of ether oxygens (including phenoxy) is 1. The lowest BCUT2D eigenvalue weighted by molar-refractivity contribution is 0.0696. The summed E-state index contributed by atoms with van der Waals surface area (Å²) in [6.45, 7) is 0. The smallest absolute Gasteiger partial charge is 0.340 e. The third-order valence-corrected chi connectivity index (χ3v) is 3.75. The van der Waals surface area contributed by atoms with Crippen molar-refractivity contribution in [3.8, 4) is 17.0 Å². The fraction of sp³-hybridized carbons (Fsp3) is 0.235. The maximum atomic E-state index is 11.8. The van der Waals surface area contributed by atoms with Gasteiger partial charge >= 0.3 is 5.97 Å². The standard InChI is InChI=1S/C17H19N3O3S/c1-20(2)10-9-13-14(16(21)22)15(19-17(18-13)24-4)11-5-7-12(23-3)8-6-11/h5-10H,1-4H3,(H,21,22). The second-order valence-corrected chi connectivity index (χ2v) is 5.91. The monoisotopic (exact) mass is 345 g/mol. The Labute approximate surface area is 145 Å². The van der Waals surface area contributed by atoms with Crippen molar-refractivity contribution in [3.05, 3.63) is 41.7 Å². The summed E-state index contributed by atoms with van der Waals surface area (Å²) >= 11 is 1.37. The van der Waals surface area contributed by atoms with Gasteiger partial charge in [-0.2, -0.15) is 0 Å². The lowest BCUT2D eigenvalue weighted by Crippen LogP contribution is -2.09. The van der Waals surface area contributed by atoms with Crippen molar-refractivity contribution in [2.24, 2.45) is 0 Å². The van der Waals surface area contributed by atoms with Gasteiger partial charge in [-0.1, -0.05) is 11.8 Å². The van der Waals surface area contributed by atoms with E-state index in [0.717, 1.165) is 0 Å². The highest BCUT2D eigenvalue weighted by Gasteiger charge is 2.20. The molecule has 1 N–H and O–H groups in total. The maximum absolute atomic E-state index is 11.8. The SMILES string of the molecule is COc1ccc(-c2nc(SC)nc(C=CN(C)C)c2C(=O)O)cc1. The minimum atomic E-state index is -1.06. The molecular formula is C17H19N3O3S. The van der Waals surface area contributed by atoms with Crippen LogP contribution in [0, 0.1) is 0 Å². The molecule has 2 aromatic rings. The number of hydrogen-bond acceptors (Lipinski definition) is 6. The zero-order chi connectivity index (χ0) is 17.7. The van der Waals surface area contributed by atoms with Crippen molar-refractivity contribution in [3.63, 3.8) is 0 Å². The van der Waals surface area contributed by atoms with Crippen molar-refractivity contribution in [2.75, 3.05) is 27.5 Å². The summed E-state index contributed by atoms with van der Waals surface area (Å²) in [6.07, 6.45) is 5.29. The van der Waals surface area contributed by atoms with E-state index < -0.39 is 5.97 Å². The normalized spacial score (nSPS) is 10.8. The molecule has 1 aromatic heterocycles. The van der Waals surface area contributed by atoms with Crippen molar-refractivity contribution >= 4 is 23.8 Å². The van der Waals surface area contributed by atoms with Crippen LogP contribution >= 0.6 is 11.8 Å². The second-order valence-electron chi connectivity index (χ2n) is 5.13. The van der Waals surface area contributed by atoms with Crippen molar-refractivity contribution < 1.29 is 14.6 Å². The number of thioether (sulfide) groups is 1. The Morgan fingerprint density at radius 3 is 2.42 bits per heavy atom. The number of aromatic nitrogens is 2. The average molecular weight is 345 g/mol. The first kappa shape index (κ1) is 17.8. The number of carbonyl (C=O) groups is 1. The largest absolute Gasteiger partial charge is 0.497 e. The minimum absolute atomic E-state index is 0.0797. The fourth-order valence-electron chi connectivity index (χ4n) is 2.06. The van der Waals surface area contributed by atoms with E-state index in [1.807, 2.05) is 25.3 Å². The molecule has 126 valence electrons. The first-order chi connectivity index (χ1) is 11.5. The molecule has 0 amide bonds. The van der Waals surface area contributed by atoms with E-state index in [4.69, 9.17) is 4.74 Å². The van der Waals surface area contributed by atoms with E-state index >= 15 is 0 Å². The van der Waals surface area contributed by atoms with Gasteiger partial charge in [0.15, 0.2) is 5.16 Å². The summed E-state index contributed by atoms with van der Waals surface area (Å²) in [6, 6.07) is 7.13. The number of carboxylic acid groups (broad SMARTS) is 1. The fourth-order valence-corrected chi connectivity index (χ4v) is 2.43. The van der Waals surface area contributed by atoms with Gasteiger partial charge in [0.25, 0.3) is 0 Å². The van der Waals surface area contributed by atoms with Crippen molar-refractivity contribution in [1.82, 2.24) is 14.9 Å². The third kappa shape index (κ3) is 4.05. The van der Waals surface area contributed by atoms with Crippen LogP contribution in [0.4, 0.5) is 0 Å². The Hall–Kier alpha value is -2.54. The minimum Gasteiger partial charge on any atom is -0.497 e. The quantitative estimate of drug-likeness (QED) is 0.637. The molecule has 0 atom stereocenters. The van der Waals surface area contributed by atoms with Crippen molar-refractivity contribution in [1.29, 1.82) is 0 Å². The van der Waals surface area contributed by atoms with Gasteiger partial charge in [-0.05, 0) is 36.6 Å². The lowest BCUT2D eigenvalue weighted by Gasteiger charge is -2.11. The molecule has 1 aromatic carbocycles. The molecule has 1 heterocycles. The van der Waals surface area contributed by atoms with E-state index in [-0.39, 0.29) is 5.56 Å². The van der Waals surface area contributed by atoms with Crippen LogP contribution in [-0.4, -0.2) is 53.4 Å². The predicted molar refractivity (Wildman–Crippen MR) is 95.5 cm³/mol. The lowest BCUT2D eigenvalue weighted by atomic mass is 10.0. The zero-order valence-corrected chi connectivity index (χ0v) is 14.8. The van der Waals surface area contributed by atoms with Crippen LogP contribution in [0.25, 0.3) is 17.3 Å².